The number of nitrogens with one attached hydrogen (secondary N) is 1. The van der Waals surface area contributed by atoms with Gasteiger partial charge in [-0.05, 0) is 18.4 Å². The van der Waals surface area contributed by atoms with Crippen LogP contribution in [-0.4, -0.2) is 27.3 Å². The molecule has 0 aliphatic heterocycles. The Morgan fingerprint density at radius 1 is 1.21 bits per heavy atom. The Morgan fingerprint density at radius 2 is 1.79 bits per heavy atom. The van der Waals surface area contributed by atoms with Crippen molar-refractivity contribution in [3.8, 4) is 0 Å². The van der Waals surface area contributed by atoms with E-state index in [1.165, 1.54) is 0 Å². The molecule has 0 aromatic carbocycles. The lowest BCUT2D eigenvalue weighted by Gasteiger charge is -2.26. The van der Waals surface area contributed by atoms with Crippen LogP contribution in [-0.2, 0) is 9.47 Å². The van der Waals surface area contributed by atoms with Gasteiger partial charge in [-0.3, -0.25) is 0 Å². The number of rotatable bonds is 8. The average Bonchev–Trinajstić information content (AvgIpc) is 2.16. The Kier molecular flexibility index (Phi) is 7.15. The highest BCUT2D eigenvalue weighted by atomic mass is 16.7. The molecule has 0 aromatic rings. The highest BCUT2D eigenvalue weighted by Crippen LogP contribution is 2.25. The molecule has 0 saturated carbocycles. The fourth-order valence-electron chi connectivity index (χ4n) is 1.28. The third kappa shape index (κ3) is 6.35. The summed E-state index contributed by atoms with van der Waals surface area (Å²) < 4.78 is 10.1. The van der Waals surface area contributed by atoms with Gasteiger partial charge in [-0.2, -0.15) is 0 Å². The van der Waals surface area contributed by atoms with Gasteiger partial charge in [0.25, 0.3) is 0 Å². The van der Waals surface area contributed by atoms with Crippen molar-refractivity contribution in [3.63, 3.8) is 0 Å². The largest absolute Gasteiger partial charge is 0.349 e. The molecular weight excluding hydrogens is 178 g/mol. The van der Waals surface area contributed by atoms with E-state index in [9.17, 15) is 0 Å². The quantitative estimate of drug-likeness (QED) is 0.654. The van der Waals surface area contributed by atoms with E-state index < -0.39 is 0 Å². The van der Waals surface area contributed by atoms with E-state index in [0.717, 1.165) is 32.2 Å². The number of ether oxygens (including phenoxy) is 2. The Balaban J connectivity index is 3.72. The molecule has 0 aliphatic carbocycles. The molecule has 85 valence electrons. The number of hydrogen-bond acceptors (Lipinski definition) is 3. The monoisotopic (exact) mass is 202 g/mol. The van der Waals surface area contributed by atoms with Gasteiger partial charge in [0.15, 0.2) is 0 Å². The van der Waals surface area contributed by atoms with E-state index in [0.29, 0.717) is 5.41 Å². The summed E-state index contributed by atoms with van der Waals surface area (Å²) in [4.78, 5) is 0. The normalized spacial score (nSPS) is 12.4. The zero-order chi connectivity index (χ0) is 11.0. The van der Waals surface area contributed by atoms with Crippen LogP contribution in [0.3, 0.4) is 0 Å². The minimum atomic E-state index is 0.290. The SMILES string of the molecule is CCNCC(C)(C)CC[C](OC)OC. The second-order valence-electron chi connectivity index (χ2n) is 4.22. The molecule has 0 aliphatic rings. The molecule has 0 saturated heterocycles. The molecule has 0 amide bonds. The van der Waals surface area contributed by atoms with Crippen LogP contribution >= 0.6 is 0 Å². The third-order valence-electron chi connectivity index (χ3n) is 2.31. The van der Waals surface area contributed by atoms with Crippen LogP contribution in [0.5, 0.6) is 0 Å². The van der Waals surface area contributed by atoms with Crippen molar-refractivity contribution < 1.29 is 9.47 Å². The molecule has 1 radical (unpaired) electrons. The predicted molar refractivity (Wildman–Crippen MR) is 58.8 cm³/mol. The molecule has 1 N–H and O–H groups in total. The molecular formula is C11H24NO2. The van der Waals surface area contributed by atoms with Crippen LogP contribution in [0.2, 0.25) is 0 Å². The molecule has 0 heterocycles. The van der Waals surface area contributed by atoms with E-state index in [4.69, 9.17) is 9.47 Å². The summed E-state index contributed by atoms with van der Waals surface area (Å²) in [5, 5.41) is 3.36. The van der Waals surface area contributed by atoms with Crippen molar-refractivity contribution in [1.29, 1.82) is 0 Å². The van der Waals surface area contributed by atoms with Crippen molar-refractivity contribution in [2.24, 2.45) is 5.41 Å². The zero-order valence-electron chi connectivity index (χ0n) is 10.1. The van der Waals surface area contributed by atoms with Crippen molar-refractivity contribution in [2.75, 3.05) is 27.3 Å². The standard InChI is InChI=1S/C11H24NO2/c1-6-12-9-11(2,3)8-7-10(13-4)14-5/h12H,6-9H2,1-5H3. The number of hydrogen-bond donors (Lipinski definition) is 1. The minimum Gasteiger partial charge on any atom is -0.349 e. The first-order valence-electron chi connectivity index (χ1n) is 5.20. The van der Waals surface area contributed by atoms with Gasteiger partial charge in [0.2, 0.25) is 6.29 Å². The van der Waals surface area contributed by atoms with Gasteiger partial charge >= 0.3 is 0 Å². The summed E-state index contributed by atoms with van der Waals surface area (Å²) in [7, 11) is 3.30. The minimum absolute atomic E-state index is 0.290. The molecule has 0 fully saturated rings. The summed E-state index contributed by atoms with van der Waals surface area (Å²) in [6.45, 7) is 8.67. The summed E-state index contributed by atoms with van der Waals surface area (Å²) in [5.74, 6) is 0. The fourth-order valence-corrected chi connectivity index (χ4v) is 1.28. The summed E-state index contributed by atoms with van der Waals surface area (Å²) in [6, 6.07) is 0. The first-order valence-corrected chi connectivity index (χ1v) is 5.20. The molecule has 0 unspecified atom stereocenters. The van der Waals surface area contributed by atoms with Gasteiger partial charge in [-0.25, -0.2) is 0 Å². The predicted octanol–water partition coefficient (Wildman–Crippen LogP) is 2.18. The van der Waals surface area contributed by atoms with E-state index in [1.54, 1.807) is 14.2 Å². The smallest absolute Gasteiger partial charge is 0.223 e. The topological polar surface area (TPSA) is 30.5 Å². The maximum Gasteiger partial charge on any atom is 0.223 e. The second-order valence-corrected chi connectivity index (χ2v) is 4.22. The van der Waals surface area contributed by atoms with Gasteiger partial charge in [-0.15, -0.1) is 0 Å². The third-order valence-corrected chi connectivity index (χ3v) is 2.31. The van der Waals surface area contributed by atoms with E-state index >= 15 is 0 Å². The van der Waals surface area contributed by atoms with Gasteiger partial charge in [-0.1, -0.05) is 20.8 Å². The number of methoxy groups -OCH3 is 2. The average molecular weight is 202 g/mol. The molecule has 0 aromatic heterocycles. The van der Waals surface area contributed by atoms with Crippen LogP contribution in [0, 0.1) is 11.7 Å². The lowest BCUT2D eigenvalue weighted by atomic mass is 9.87. The molecule has 3 heteroatoms. The van der Waals surface area contributed by atoms with Crippen molar-refractivity contribution in [3.05, 3.63) is 6.29 Å². The van der Waals surface area contributed by atoms with E-state index in [-0.39, 0.29) is 0 Å². The summed E-state index contributed by atoms with van der Waals surface area (Å²) in [6.07, 6.45) is 2.65. The van der Waals surface area contributed by atoms with Crippen molar-refractivity contribution in [1.82, 2.24) is 5.32 Å². The molecule has 0 rings (SSSR count). The summed E-state index contributed by atoms with van der Waals surface area (Å²) in [5.41, 5.74) is 0.290. The van der Waals surface area contributed by atoms with Crippen LogP contribution in [0.15, 0.2) is 0 Å². The maximum absolute atomic E-state index is 5.07. The van der Waals surface area contributed by atoms with Gasteiger partial charge < -0.3 is 14.8 Å². The first kappa shape index (κ1) is 13.9. The van der Waals surface area contributed by atoms with Crippen molar-refractivity contribution >= 4 is 0 Å². The summed E-state index contributed by atoms with van der Waals surface area (Å²) >= 11 is 0. The van der Waals surface area contributed by atoms with Crippen LogP contribution in [0.4, 0.5) is 0 Å². The molecule has 0 spiro atoms. The van der Waals surface area contributed by atoms with Gasteiger partial charge in [0.1, 0.15) is 0 Å². The maximum atomic E-state index is 5.07. The van der Waals surface area contributed by atoms with E-state index in [2.05, 4.69) is 26.1 Å². The molecule has 14 heavy (non-hydrogen) atoms. The Bertz CT molecular complexity index is 133. The lowest BCUT2D eigenvalue weighted by molar-refractivity contribution is -0.00863. The highest BCUT2D eigenvalue weighted by molar-refractivity contribution is 4.76. The first-order chi connectivity index (χ1) is 6.55. The second kappa shape index (κ2) is 7.21. The zero-order valence-corrected chi connectivity index (χ0v) is 10.1. The fraction of sp³-hybridized carbons (Fsp3) is 0.909. The lowest BCUT2D eigenvalue weighted by Crippen LogP contribution is -2.29. The Morgan fingerprint density at radius 3 is 2.21 bits per heavy atom. The van der Waals surface area contributed by atoms with Crippen LogP contribution < -0.4 is 5.32 Å². The Hall–Kier alpha value is -0.120. The van der Waals surface area contributed by atoms with E-state index in [1.807, 2.05) is 0 Å². The van der Waals surface area contributed by atoms with Crippen LogP contribution in [0.25, 0.3) is 0 Å². The molecule has 0 bridgehead atoms. The molecule has 0 atom stereocenters. The highest BCUT2D eigenvalue weighted by Gasteiger charge is 2.20. The van der Waals surface area contributed by atoms with Gasteiger partial charge in [0, 0.05) is 27.2 Å². The molecule has 3 nitrogen and oxygen atoms in total. The van der Waals surface area contributed by atoms with Crippen molar-refractivity contribution in [2.45, 2.75) is 33.6 Å². The van der Waals surface area contributed by atoms with Crippen LogP contribution in [0.1, 0.15) is 33.6 Å². The van der Waals surface area contributed by atoms with Gasteiger partial charge in [0.05, 0.1) is 0 Å². The Labute approximate surface area is 88.2 Å².